The van der Waals surface area contributed by atoms with E-state index in [-0.39, 0.29) is 11.2 Å². The molecular formula is C20H23ClN2O2S. The standard InChI is InChI=1S/C20H23ClN2O2S/c1-15(18-4-2-3-5-19(18)21)26-14-20(24)22-16-6-8-17(9-7-16)23-10-12-25-13-11-23/h2-9,15H,10-14H2,1H3,(H,22,24). The van der Waals surface area contributed by atoms with Crippen LogP contribution in [0.4, 0.5) is 11.4 Å². The lowest BCUT2D eigenvalue weighted by Gasteiger charge is -2.28. The van der Waals surface area contributed by atoms with E-state index in [1.54, 1.807) is 11.8 Å². The normalized spacial score (nSPS) is 15.5. The summed E-state index contributed by atoms with van der Waals surface area (Å²) < 4.78 is 5.37. The number of thioether (sulfide) groups is 1. The molecule has 1 atom stereocenters. The van der Waals surface area contributed by atoms with Crippen molar-refractivity contribution in [2.24, 2.45) is 0 Å². The lowest BCUT2D eigenvalue weighted by Crippen LogP contribution is -2.36. The summed E-state index contributed by atoms with van der Waals surface area (Å²) in [4.78, 5) is 14.5. The van der Waals surface area contributed by atoms with Crippen LogP contribution in [0.15, 0.2) is 48.5 Å². The predicted molar refractivity (Wildman–Crippen MR) is 110 cm³/mol. The minimum atomic E-state index is -0.00646. The number of halogens is 1. The SMILES string of the molecule is CC(SCC(=O)Nc1ccc(N2CCOCC2)cc1)c1ccccc1Cl. The summed E-state index contributed by atoms with van der Waals surface area (Å²) in [6, 6.07) is 15.7. The van der Waals surface area contributed by atoms with Gasteiger partial charge in [-0.3, -0.25) is 4.79 Å². The van der Waals surface area contributed by atoms with Gasteiger partial charge < -0.3 is 15.0 Å². The third kappa shape index (κ3) is 5.16. The zero-order valence-electron chi connectivity index (χ0n) is 14.8. The van der Waals surface area contributed by atoms with E-state index < -0.39 is 0 Å². The molecule has 1 unspecified atom stereocenters. The first-order chi connectivity index (χ1) is 12.6. The molecule has 26 heavy (non-hydrogen) atoms. The molecule has 1 heterocycles. The van der Waals surface area contributed by atoms with Gasteiger partial charge in [0.2, 0.25) is 5.91 Å². The van der Waals surface area contributed by atoms with Gasteiger partial charge in [0.25, 0.3) is 0 Å². The lowest BCUT2D eigenvalue weighted by atomic mass is 10.2. The number of hydrogen-bond acceptors (Lipinski definition) is 4. The maximum Gasteiger partial charge on any atom is 0.234 e. The minimum absolute atomic E-state index is 0.00646. The Balaban J connectivity index is 1.49. The quantitative estimate of drug-likeness (QED) is 0.782. The Labute approximate surface area is 163 Å². The number of carbonyl (C=O) groups excluding carboxylic acids is 1. The van der Waals surface area contributed by atoms with Gasteiger partial charge in [0.1, 0.15) is 0 Å². The zero-order chi connectivity index (χ0) is 18.4. The van der Waals surface area contributed by atoms with Gasteiger partial charge in [-0.2, -0.15) is 0 Å². The Kier molecular flexibility index (Phi) is 6.83. The van der Waals surface area contributed by atoms with Crippen molar-refractivity contribution >= 4 is 40.6 Å². The second kappa shape index (κ2) is 9.31. The fourth-order valence-corrected chi connectivity index (χ4v) is 4.09. The van der Waals surface area contributed by atoms with Gasteiger partial charge in [0.15, 0.2) is 0 Å². The highest BCUT2D eigenvalue weighted by Crippen LogP contribution is 2.32. The highest BCUT2D eigenvalue weighted by molar-refractivity contribution is 8.00. The van der Waals surface area contributed by atoms with Crippen LogP contribution < -0.4 is 10.2 Å². The Bertz CT molecular complexity index is 733. The molecule has 0 bridgehead atoms. The number of benzene rings is 2. The number of morpholine rings is 1. The van der Waals surface area contributed by atoms with E-state index >= 15 is 0 Å². The van der Waals surface area contributed by atoms with Crippen LogP contribution >= 0.6 is 23.4 Å². The Morgan fingerprint density at radius 3 is 2.58 bits per heavy atom. The summed E-state index contributed by atoms with van der Waals surface area (Å²) >= 11 is 7.80. The van der Waals surface area contributed by atoms with Crippen molar-refractivity contribution in [3.63, 3.8) is 0 Å². The van der Waals surface area contributed by atoms with E-state index in [4.69, 9.17) is 16.3 Å². The Morgan fingerprint density at radius 2 is 1.88 bits per heavy atom. The monoisotopic (exact) mass is 390 g/mol. The zero-order valence-corrected chi connectivity index (χ0v) is 16.4. The van der Waals surface area contributed by atoms with Crippen LogP contribution in [0.25, 0.3) is 0 Å². The van der Waals surface area contributed by atoms with E-state index in [1.807, 2.05) is 48.5 Å². The first kappa shape index (κ1) is 19.1. The number of nitrogens with zero attached hydrogens (tertiary/aromatic N) is 1. The van der Waals surface area contributed by atoms with Crippen molar-refractivity contribution in [1.29, 1.82) is 0 Å². The highest BCUT2D eigenvalue weighted by atomic mass is 35.5. The average Bonchev–Trinajstić information content (AvgIpc) is 2.68. The maximum absolute atomic E-state index is 12.2. The first-order valence-corrected chi connectivity index (χ1v) is 10.1. The van der Waals surface area contributed by atoms with Crippen molar-refractivity contribution in [2.45, 2.75) is 12.2 Å². The van der Waals surface area contributed by atoms with Gasteiger partial charge in [-0.25, -0.2) is 0 Å². The van der Waals surface area contributed by atoms with Gasteiger partial charge in [0, 0.05) is 34.7 Å². The number of carbonyl (C=O) groups is 1. The molecule has 1 aliphatic rings. The molecule has 0 saturated carbocycles. The number of ether oxygens (including phenoxy) is 1. The summed E-state index contributed by atoms with van der Waals surface area (Å²) in [6.07, 6.45) is 0. The van der Waals surface area contributed by atoms with Crippen molar-refractivity contribution in [2.75, 3.05) is 42.3 Å². The number of rotatable bonds is 6. The van der Waals surface area contributed by atoms with Crippen LogP contribution in [0.3, 0.4) is 0 Å². The third-order valence-electron chi connectivity index (χ3n) is 4.33. The smallest absolute Gasteiger partial charge is 0.234 e. The molecule has 0 aliphatic carbocycles. The van der Waals surface area contributed by atoms with Crippen molar-refractivity contribution in [3.05, 3.63) is 59.1 Å². The van der Waals surface area contributed by atoms with E-state index in [2.05, 4.69) is 17.1 Å². The summed E-state index contributed by atoms with van der Waals surface area (Å²) in [5, 5.41) is 3.86. The van der Waals surface area contributed by atoms with Crippen LogP contribution in [0.5, 0.6) is 0 Å². The van der Waals surface area contributed by atoms with Crippen molar-refractivity contribution < 1.29 is 9.53 Å². The molecule has 1 N–H and O–H groups in total. The van der Waals surface area contributed by atoms with Gasteiger partial charge in [-0.05, 0) is 42.8 Å². The second-order valence-electron chi connectivity index (χ2n) is 6.17. The molecule has 1 aliphatic heterocycles. The Hall–Kier alpha value is -1.69. The number of nitrogens with one attached hydrogen (secondary N) is 1. The van der Waals surface area contributed by atoms with E-state index in [0.29, 0.717) is 5.75 Å². The maximum atomic E-state index is 12.2. The molecular weight excluding hydrogens is 368 g/mol. The molecule has 1 amide bonds. The molecule has 0 aromatic heterocycles. The Morgan fingerprint density at radius 1 is 1.19 bits per heavy atom. The van der Waals surface area contributed by atoms with Crippen LogP contribution in [0.2, 0.25) is 5.02 Å². The topological polar surface area (TPSA) is 41.6 Å². The number of hydrogen-bond donors (Lipinski definition) is 1. The number of anilines is 2. The van der Waals surface area contributed by atoms with E-state index in [9.17, 15) is 4.79 Å². The molecule has 1 fully saturated rings. The van der Waals surface area contributed by atoms with Crippen LogP contribution in [0, 0.1) is 0 Å². The highest BCUT2D eigenvalue weighted by Gasteiger charge is 2.13. The molecule has 6 heteroatoms. The van der Waals surface area contributed by atoms with Crippen LogP contribution in [0.1, 0.15) is 17.7 Å². The first-order valence-electron chi connectivity index (χ1n) is 8.72. The fourth-order valence-electron chi connectivity index (χ4n) is 2.87. The minimum Gasteiger partial charge on any atom is -0.378 e. The van der Waals surface area contributed by atoms with Gasteiger partial charge in [-0.15, -0.1) is 11.8 Å². The molecule has 138 valence electrons. The summed E-state index contributed by atoms with van der Waals surface area (Å²) in [7, 11) is 0. The van der Waals surface area contributed by atoms with Gasteiger partial charge in [-0.1, -0.05) is 29.8 Å². The van der Waals surface area contributed by atoms with Gasteiger partial charge >= 0.3 is 0 Å². The molecule has 1 saturated heterocycles. The molecule has 2 aromatic carbocycles. The molecule has 4 nitrogen and oxygen atoms in total. The summed E-state index contributed by atoms with van der Waals surface area (Å²) in [5.41, 5.74) is 3.04. The second-order valence-corrected chi connectivity index (χ2v) is 7.91. The van der Waals surface area contributed by atoms with Crippen molar-refractivity contribution in [3.8, 4) is 0 Å². The van der Waals surface area contributed by atoms with E-state index in [0.717, 1.165) is 48.3 Å². The van der Waals surface area contributed by atoms with Crippen molar-refractivity contribution in [1.82, 2.24) is 0 Å². The van der Waals surface area contributed by atoms with E-state index in [1.165, 1.54) is 0 Å². The molecule has 2 aromatic rings. The fraction of sp³-hybridized carbons (Fsp3) is 0.350. The molecule has 0 spiro atoms. The lowest BCUT2D eigenvalue weighted by molar-refractivity contribution is -0.113. The van der Waals surface area contributed by atoms with Crippen LogP contribution in [-0.2, 0) is 9.53 Å². The average molecular weight is 391 g/mol. The molecule has 0 radical (unpaired) electrons. The third-order valence-corrected chi connectivity index (χ3v) is 5.86. The van der Waals surface area contributed by atoms with Crippen LogP contribution in [-0.4, -0.2) is 38.0 Å². The molecule has 3 rings (SSSR count). The largest absolute Gasteiger partial charge is 0.378 e. The van der Waals surface area contributed by atoms with Gasteiger partial charge in [0.05, 0.1) is 19.0 Å². The summed E-state index contributed by atoms with van der Waals surface area (Å²) in [5.74, 6) is 0.380. The summed E-state index contributed by atoms with van der Waals surface area (Å²) in [6.45, 7) is 5.40. The predicted octanol–water partition coefficient (Wildman–Crippen LogP) is 4.61. The number of amides is 1.